The molecule has 3 nitrogen and oxygen atoms in total. The van der Waals surface area contributed by atoms with Crippen molar-refractivity contribution in [3.8, 4) is 12.1 Å². The zero-order valence-electron chi connectivity index (χ0n) is 5.76. The van der Waals surface area contributed by atoms with Gasteiger partial charge in [-0.2, -0.15) is 10.5 Å². The smallest absolute Gasteiger partial charge is 0.233 e. The summed E-state index contributed by atoms with van der Waals surface area (Å²) < 4.78 is 0. The quantitative estimate of drug-likeness (QED) is 0.534. The molecule has 0 aliphatic rings. The van der Waals surface area contributed by atoms with Crippen LogP contribution in [-0.4, -0.2) is 6.54 Å². The molecule has 1 atom stereocenters. The van der Waals surface area contributed by atoms with Crippen LogP contribution >= 0.6 is 0 Å². The molecule has 0 aliphatic heterocycles. The third kappa shape index (κ3) is 2.16. The van der Waals surface area contributed by atoms with Gasteiger partial charge in [-0.15, -0.1) is 0 Å². The van der Waals surface area contributed by atoms with Gasteiger partial charge in [0.25, 0.3) is 0 Å². The molecule has 0 amide bonds. The van der Waals surface area contributed by atoms with E-state index < -0.39 is 5.41 Å². The molecule has 0 saturated carbocycles. The summed E-state index contributed by atoms with van der Waals surface area (Å²) in [4.78, 5) is 3.07. The molecule has 0 rings (SSSR count). The fourth-order valence-corrected chi connectivity index (χ4v) is 0.480. The standard InChI is InChI=1S/C7H7N3/c1-7(5-9,3-4-8)6-10-2/h3,6H2,1H3. The summed E-state index contributed by atoms with van der Waals surface area (Å²) in [5, 5.41) is 16.8. The molecule has 0 saturated heterocycles. The van der Waals surface area contributed by atoms with E-state index in [1.165, 1.54) is 0 Å². The molecule has 0 aliphatic carbocycles. The molecule has 50 valence electrons. The Morgan fingerprint density at radius 1 is 1.60 bits per heavy atom. The molecule has 10 heavy (non-hydrogen) atoms. The lowest BCUT2D eigenvalue weighted by Crippen LogP contribution is -2.15. The van der Waals surface area contributed by atoms with Crippen molar-refractivity contribution in [3.05, 3.63) is 11.4 Å². The third-order valence-electron chi connectivity index (χ3n) is 1.17. The maximum atomic E-state index is 8.50. The van der Waals surface area contributed by atoms with Crippen molar-refractivity contribution in [3.63, 3.8) is 0 Å². The first-order chi connectivity index (χ1) is 4.68. The number of hydrogen-bond acceptors (Lipinski definition) is 2. The zero-order chi connectivity index (χ0) is 8.04. The molecule has 0 radical (unpaired) electrons. The SMILES string of the molecule is [C-]#[N+]CC(C)(C#N)CC#N. The van der Waals surface area contributed by atoms with E-state index in [9.17, 15) is 0 Å². The Morgan fingerprint density at radius 2 is 2.20 bits per heavy atom. The van der Waals surface area contributed by atoms with E-state index in [0.29, 0.717) is 0 Å². The van der Waals surface area contributed by atoms with Gasteiger partial charge in [0.1, 0.15) is 5.41 Å². The van der Waals surface area contributed by atoms with Crippen LogP contribution in [0.3, 0.4) is 0 Å². The molecule has 0 bridgehead atoms. The van der Waals surface area contributed by atoms with Crippen LogP contribution < -0.4 is 0 Å². The minimum atomic E-state index is -0.767. The Kier molecular flexibility index (Phi) is 2.95. The van der Waals surface area contributed by atoms with E-state index in [1.807, 2.05) is 12.1 Å². The highest BCUT2D eigenvalue weighted by molar-refractivity contribution is 5.04. The third-order valence-corrected chi connectivity index (χ3v) is 1.17. The minimum absolute atomic E-state index is 0.108. The highest BCUT2D eigenvalue weighted by Gasteiger charge is 2.27. The van der Waals surface area contributed by atoms with E-state index in [2.05, 4.69) is 4.85 Å². The van der Waals surface area contributed by atoms with Crippen LogP contribution in [0.15, 0.2) is 0 Å². The molecular weight excluding hydrogens is 126 g/mol. The average molecular weight is 133 g/mol. The molecule has 3 heteroatoms. The molecular formula is C7H7N3. The van der Waals surface area contributed by atoms with Crippen LogP contribution in [-0.2, 0) is 0 Å². The Labute approximate surface area is 60.3 Å². The Hall–Kier alpha value is -1.53. The summed E-state index contributed by atoms with van der Waals surface area (Å²) in [6.45, 7) is 8.23. The average Bonchev–Trinajstić information content (AvgIpc) is 1.89. The highest BCUT2D eigenvalue weighted by atomic mass is 14.7. The summed E-state index contributed by atoms with van der Waals surface area (Å²) in [6, 6.07) is 3.82. The molecule has 0 heterocycles. The molecule has 0 aromatic rings. The molecule has 0 aromatic heterocycles. The fraction of sp³-hybridized carbons (Fsp3) is 0.571. The highest BCUT2D eigenvalue weighted by Crippen LogP contribution is 2.19. The Morgan fingerprint density at radius 3 is 2.50 bits per heavy atom. The maximum absolute atomic E-state index is 8.50. The van der Waals surface area contributed by atoms with Gasteiger partial charge in [0.05, 0.1) is 18.6 Å². The largest absolute Gasteiger partial charge is 0.315 e. The van der Waals surface area contributed by atoms with Crippen LogP contribution in [0.25, 0.3) is 4.85 Å². The van der Waals surface area contributed by atoms with Crippen LogP contribution in [0.1, 0.15) is 13.3 Å². The topological polar surface area (TPSA) is 51.9 Å². The van der Waals surface area contributed by atoms with Gasteiger partial charge in [-0.1, -0.05) is 0 Å². The summed E-state index contributed by atoms with van der Waals surface area (Å²) >= 11 is 0. The van der Waals surface area contributed by atoms with Gasteiger partial charge in [-0.25, -0.2) is 6.57 Å². The maximum Gasteiger partial charge on any atom is 0.233 e. The van der Waals surface area contributed by atoms with Gasteiger partial charge >= 0.3 is 0 Å². The van der Waals surface area contributed by atoms with E-state index in [4.69, 9.17) is 17.1 Å². The first kappa shape index (κ1) is 8.47. The number of hydrogen-bond donors (Lipinski definition) is 0. The lowest BCUT2D eigenvalue weighted by atomic mass is 9.90. The van der Waals surface area contributed by atoms with Crippen molar-refractivity contribution in [1.29, 1.82) is 10.5 Å². The molecule has 0 N–H and O–H groups in total. The van der Waals surface area contributed by atoms with Crippen molar-refractivity contribution in [2.45, 2.75) is 13.3 Å². The molecule has 0 aromatic carbocycles. The summed E-state index contributed by atoms with van der Waals surface area (Å²) in [5.41, 5.74) is -0.767. The van der Waals surface area contributed by atoms with Crippen molar-refractivity contribution < 1.29 is 0 Å². The van der Waals surface area contributed by atoms with E-state index in [-0.39, 0.29) is 13.0 Å². The van der Waals surface area contributed by atoms with Crippen molar-refractivity contribution in [2.75, 3.05) is 6.54 Å². The number of nitrogens with zero attached hydrogens (tertiary/aromatic N) is 3. The molecule has 1 unspecified atom stereocenters. The normalized spacial score (nSPS) is 13.8. The van der Waals surface area contributed by atoms with Gasteiger partial charge in [0.15, 0.2) is 0 Å². The van der Waals surface area contributed by atoms with Crippen LogP contribution in [0.2, 0.25) is 0 Å². The summed E-state index contributed by atoms with van der Waals surface area (Å²) in [6.07, 6.45) is 0.131. The van der Waals surface area contributed by atoms with Gasteiger partial charge in [0, 0.05) is 0 Å². The van der Waals surface area contributed by atoms with Crippen LogP contribution in [0.5, 0.6) is 0 Å². The molecule has 0 spiro atoms. The van der Waals surface area contributed by atoms with Gasteiger partial charge in [-0.05, 0) is 6.92 Å². The van der Waals surface area contributed by atoms with Crippen molar-refractivity contribution in [2.24, 2.45) is 5.41 Å². The van der Waals surface area contributed by atoms with Gasteiger partial charge in [-0.3, -0.25) is 0 Å². The van der Waals surface area contributed by atoms with E-state index in [0.717, 1.165) is 0 Å². The zero-order valence-corrected chi connectivity index (χ0v) is 5.76. The monoisotopic (exact) mass is 133 g/mol. The van der Waals surface area contributed by atoms with Crippen LogP contribution in [0, 0.1) is 34.6 Å². The van der Waals surface area contributed by atoms with Crippen LogP contribution in [0.4, 0.5) is 0 Å². The van der Waals surface area contributed by atoms with Crippen molar-refractivity contribution in [1.82, 2.24) is 0 Å². The Bertz CT molecular complexity index is 207. The van der Waals surface area contributed by atoms with E-state index in [1.54, 1.807) is 6.92 Å². The Balaban J connectivity index is 4.18. The fourth-order valence-electron chi connectivity index (χ4n) is 0.480. The first-order valence-electron chi connectivity index (χ1n) is 2.80. The van der Waals surface area contributed by atoms with E-state index >= 15 is 0 Å². The number of nitriles is 2. The lowest BCUT2D eigenvalue weighted by molar-refractivity contribution is 0.496. The first-order valence-corrected chi connectivity index (χ1v) is 2.80. The minimum Gasteiger partial charge on any atom is -0.315 e. The number of rotatable bonds is 2. The second-order valence-electron chi connectivity index (χ2n) is 2.32. The predicted octanol–water partition coefficient (Wildman–Crippen LogP) is 1.35. The second-order valence-corrected chi connectivity index (χ2v) is 2.32. The second kappa shape index (κ2) is 3.49. The summed E-state index contributed by atoms with van der Waals surface area (Å²) in [5.74, 6) is 0. The summed E-state index contributed by atoms with van der Waals surface area (Å²) in [7, 11) is 0. The van der Waals surface area contributed by atoms with Gasteiger partial charge in [0.2, 0.25) is 6.54 Å². The van der Waals surface area contributed by atoms with Gasteiger partial charge < -0.3 is 4.85 Å². The lowest BCUT2D eigenvalue weighted by Gasteiger charge is -2.07. The molecule has 0 fully saturated rings. The predicted molar refractivity (Wildman–Crippen MR) is 35.4 cm³/mol. The van der Waals surface area contributed by atoms with Crippen molar-refractivity contribution >= 4 is 0 Å².